The third-order valence-corrected chi connectivity index (χ3v) is 1.33. The molecular formula is C9H17N3O. The third kappa shape index (κ3) is 7.21. The quantitative estimate of drug-likeness (QED) is 0.346. The Bertz CT molecular complexity index is 187. The molecule has 0 aromatic carbocycles. The van der Waals surface area contributed by atoms with Gasteiger partial charge in [-0.25, -0.2) is 0 Å². The Morgan fingerprint density at radius 3 is 2.77 bits per heavy atom. The van der Waals surface area contributed by atoms with Gasteiger partial charge in [-0.2, -0.15) is 0 Å². The lowest BCUT2D eigenvalue weighted by molar-refractivity contribution is -0.108. The highest BCUT2D eigenvalue weighted by molar-refractivity contribution is 5.81. The summed E-state index contributed by atoms with van der Waals surface area (Å²) in [5.41, 5.74) is 0.746. The lowest BCUT2D eigenvalue weighted by Gasteiger charge is -1.98. The van der Waals surface area contributed by atoms with Gasteiger partial charge in [0.25, 0.3) is 0 Å². The number of rotatable bonds is 7. The number of carbonyl (C=O) groups is 1. The van der Waals surface area contributed by atoms with Crippen molar-refractivity contribution in [1.82, 2.24) is 10.6 Å². The normalized spacial score (nSPS) is 12.0. The Balaban J connectivity index is 3.86. The van der Waals surface area contributed by atoms with Crippen molar-refractivity contribution in [2.24, 2.45) is 4.99 Å². The van der Waals surface area contributed by atoms with E-state index < -0.39 is 0 Å². The predicted octanol–water partition coefficient (Wildman–Crippen LogP) is 0.664. The molecule has 0 bridgehead atoms. The van der Waals surface area contributed by atoms with E-state index in [4.69, 9.17) is 0 Å². The zero-order valence-electron chi connectivity index (χ0n) is 8.21. The highest BCUT2D eigenvalue weighted by Gasteiger charge is 1.87. The fraction of sp³-hybridized carbons (Fsp3) is 0.556. The second kappa shape index (κ2) is 8.93. The van der Waals surface area contributed by atoms with E-state index in [1.165, 1.54) is 0 Å². The van der Waals surface area contributed by atoms with Crippen molar-refractivity contribution < 1.29 is 4.79 Å². The topological polar surface area (TPSA) is 53.5 Å². The minimum Gasteiger partial charge on any atom is -0.328 e. The molecule has 0 aliphatic heterocycles. The molecule has 0 atom stereocenters. The molecule has 4 heteroatoms. The summed E-state index contributed by atoms with van der Waals surface area (Å²) in [4.78, 5) is 14.2. The summed E-state index contributed by atoms with van der Waals surface area (Å²) in [5, 5.41) is 5.61. The average Bonchev–Trinajstić information content (AvgIpc) is 2.13. The van der Waals surface area contributed by atoms with Crippen LogP contribution in [-0.2, 0) is 4.79 Å². The van der Waals surface area contributed by atoms with Crippen LogP contribution in [0.5, 0.6) is 0 Å². The van der Waals surface area contributed by atoms with Gasteiger partial charge in [0, 0.05) is 6.21 Å². The molecule has 0 spiro atoms. The Hall–Kier alpha value is -1.16. The van der Waals surface area contributed by atoms with Gasteiger partial charge in [0.05, 0.1) is 12.4 Å². The molecule has 0 aromatic rings. The van der Waals surface area contributed by atoms with E-state index in [2.05, 4.69) is 15.6 Å². The van der Waals surface area contributed by atoms with E-state index in [0.29, 0.717) is 13.1 Å². The molecule has 13 heavy (non-hydrogen) atoms. The van der Waals surface area contributed by atoms with Gasteiger partial charge in [-0.15, -0.1) is 0 Å². The van der Waals surface area contributed by atoms with Gasteiger partial charge in [-0.1, -0.05) is 19.9 Å². The summed E-state index contributed by atoms with van der Waals surface area (Å²) >= 11 is 0. The smallest absolute Gasteiger partial charge is 0.211 e. The minimum absolute atomic E-state index is 0.581. The second-order valence-electron chi connectivity index (χ2n) is 2.40. The third-order valence-electron chi connectivity index (χ3n) is 1.33. The van der Waals surface area contributed by atoms with Crippen LogP contribution in [-0.4, -0.2) is 25.8 Å². The SMILES string of the molecule is CC/C=C(\C=N/CNCC)NC=O. The average molecular weight is 183 g/mol. The van der Waals surface area contributed by atoms with Crippen LogP contribution in [0.25, 0.3) is 0 Å². The molecule has 2 N–H and O–H groups in total. The number of allylic oxidation sites excluding steroid dienone is 2. The molecule has 1 amide bonds. The van der Waals surface area contributed by atoms with E-state index in [0.717, 1.165) is 18.7 Å². The number of aliphatic imine (C=N–C) groups is 1. The Morgan fingerprint density at radius 2 is 2.23 bits per heavy atom. The highest BCUT2D eigenvalue weighted by Crippen LogP contribution is 1.87. The molecule has 0 saturated carbocycles. The monoisotopic (exact) mass is 183 g/mol. The molecule has 0 radical (unpaired) electrons. The first-order valence-electron chi connectivity index (χ1n) is 4.46. The number of nitrogens with one attached hydrogen (secondary N) is 2. The van der Waals surface area contributed by atoms with Crippen LogP contribution in [0.4, 0.5) is 0 Å². The molecule has 0 fully saturated rings. The highest BCUT2D eigenvalue weighted by atomic mass is 16.1. The van der Waals surface area contributed by atoms with Gasteiger partial charge in [0.1, 0.15) is 0 Å². The summed E-state index contributed by atoms with van der Waals surface area (Å²) in [6, 6.07) is 0. The first-order chi connectivity index (χ1) is 6.35. The van der Waals surface area contributed by atoms with Crippen LogP contribution in [0, 0.1) is 0 Å². The Morgan fingerprint density at radius 1 is 1.46 bits per heavy atom. The molecule has 0 aliphatic carbocycles. The zero-order chi connectivity index (χ0) is 9.94. The molecule has 0 aromatic heterocycles. The lowest BCUT2D eigenvalue weighted by atomic mass is 10.3. The van der Waals surface area contributed by atoms with Crippen LogP contribution < -0.4 is 10.6 Å². The van der Waals surface area contributed by atoms with Crippen LogP contribution in [0.15, 0.2) is 16.8 Å². The van der Waals surface area contributed by atoms with Crippen molar-refractivity contribution >= 4 is 12.6 Å². The van der Waals surface area contributed by atoms with E-state index in [9.17, 15) is 4.79 Å². The number of hydrogen-bond acceptors (Lipinski definition) is 3. The van der Waals surface area contributed by atoms with Crippen molar-refractivity contribution in [2.45, 2.75) is 20.3 Å². The van der Waals surface area contributed by atoms with Gasteiger partial charge in [0.15, 0.2) is 0 Å². The van der Waals surface area contributed by atoms with Crippen molar-refractivity contribution in [2.75, 3.05) is 13.2 Å². The first-order valence-corrected chi connectivity index (χ1v) is 4.46. The van der Waals surface area contributed by atoms with Crippen molar-refractivity contribution in [3.63, 3.8) is 0 Å². The standard InChI is InChI=1S/C9H17N3O/c1-3-5-9(12-8-13)6-11-7-10-4-2/h5-6,8,10H,3-4,7H2,1-2H3,(H,12,13)/b9-5+,11-6-. The summed E-state index contributed by atoms with van der Waals surface area (Å²) in [5.74, 6) is 0. The van der Waals surface area contributed by atoms with Gasteiger partial charge in [-0.3, -0.25) is 15.1 Å². The lowest BCUT2D eigenvalue weighted by Crippen LogP contribution is -2.15. The largest absolute Gasteiger partial charge is 0.328 e. The number of hydrogen-bond donors (Lipinski definition) is 2. The molecule has 74 valence electrons. The molecule has 0 heterocycles. The molecule has 0 aliphatic rings. The number of amides is 1. The molecule has 0 unspecified atom stereocenters. The summed E-state index contributed by atoms with van der Waals surface area (Å²) in [6.07, 6.45) is 5.09. The fourth-order valence-electron chi connectivity index (χ4n) is 0.757. The van der Waals surface area contributed by atoms with E-state index in [-0.39, 0.29) is 0 Å². The first kappa shape index (κ1) is 11.8. The molecule has 0 saturated heterocycles. The predicted molar refractivity (Wildman–Crippen MR) is 54.6 cm³/mol. The van der Waals surface area contributed by atoms with Crippen molar-refractivity contribution in [1.29, 1.82) is 0 Å². The maximum Gasteiger partial charge on any atom is 0.211 e. The van der Waals surface area contributed by atoms with Crippen LogP contribution >= 0.6 is 0 Å². The summed E-state index contributed by atoms with van der Waals surface area (Å²) < 4.78 is 0. The van der Waals surface area contributed by atoms with Crippen LogP contribution in [0.1, 0.15) is 20.3 Å². The molecular weight excluding hydrogens is 166 g/mol. The van der Waals surface area contributed by atoms with Gasteiger partial charge in [0.2, 0.25) is 6.41 Å². The zero-order valence-corrected chi connectivity index (χ0v) is 8.21. The maximum atomic E-state index is 10.1. The maximum absolute atomic E-state index is 10.1. The van der Waals surface area contributed by atoms with Gasteiger partial charge >= 0.3 is 0 Å². The van der Waals surface area contributed by atoms with Gasteiger partial charge < -0.3 is 5.32 Å². The summed E-state index contributed by atoms with van der Waals surface area (Å²) in [6.45, 7) is 5.50. The van der Waals surface area contributed by atoms with E-state index in [1.807, 2.05) is 19.9 Å². The molecule has 0 rings (SSSR count). The fourth-order valence-corrected chi connectivity index (χ4v) is 0.757. The van der Waals surface area contributed by atoms with Crippen LogP contribution in [0.3, 0.4) is 0 Å². The van der Waals surface area contributed by atoms with Crippen molar-refractivity contribution in [3.05, 3.63) is 11.8 Å². The number of carbonyl (C=O) groups excluding carboxylic acids is 1. The van der Waals surface area contributed by atoms with Crippen LogP contribution in [0.2, 0.25) is 0 Å². The van der Waals surface area contributed by atoms with Crippen molar-refractivity contribution in [3.8, 4) is 0 Å². The summed E-state index contributed by atoms with van der Waals surface area (Å²) in [7, 11) is 0. The molecule has 4 nitrogen and oxygen atoms in total. The minimum atomic E-state index is 0.581. The Labute approximate surface area is 79.1 Å². The van der Waals surface area contributed by atoms with E-state index >= 15 is 0 Å². The van der Waals surface area contributed by atoms with Gasteiger partial charge in [-0.05, 0) is 13.0 Å². The number of nitrogens with zero attached hydrogens (tertiary/aromatic N) is 1. The second-order valence-corrected chi connectivity index (χ2v) is 2.40. The Kier molecular flexibility index (Phi) is 8.14. The van der Waals surface area contributed by atoms with E-state index in [1.54, 1.807) is 6.21 Å².